The van der Waals surface area contributed by atoms with Gasteiger partial charge in [-0.1, -0.05) is 48.0 Å². The summed E-state index contributed by atoms with van der Waals surface area (Å²) >= 11 is 6.08. The number of hydrogen-bond donors (Lipinski definition) is 3. The zero-order valence-electron chi connectivity index (χ0n) is 24.9. The Morgan fingerprint density at radius 2 is 1.65 bits per heavy atom. The number of likely N-dealkylation sites (tertiary alicyclic amines) is 2. The van der Waals surface area contributed by atoms with E-state index in [2.05, 4.69) is 28.1 Å². The molecule has 0 spiro atoms. The van der Waals surface area contributed by atoms with Crippen molar-refractivity contribution in [3.8, 4) is 0 Å². The lowest BCUT2D eigenvalue weighted by molar-refractivity contribution is -0.139. The summed E-state index contributed by atoms with van der Waals surface area (Å²) in [5.74, 6) is -0.509. The molecule has 0 bridgehead atoms. The van der Waals surface area contributed by atoms with E-state index in [1.54, 1.807) is 32.9 Å². The van der Waals surface area contributed by atoms with Crippen molar-refractivity contribution in [3.63, 3.8) is 0 Å². The molecule has 5 amide bonds. The molecule has 10 nitrogen and oxygen atoms in total. The third-order valence-electron chi connectivity index (χ3n) is 8.26. The minimum absolute atomic E-state index is 0.0694. The van der Waals surface area contributed by atoms with E-state index in [0.717, 1.165) is 24.0 Å². The Morgan fingerprint density at radius 1 is 1.00 bits per heavy atom. The first-order valence-corrected chi connectivity index (χ1v) is 15.3. The van der Waals surface area contributed by atoms with Gasteiger partial charge in [-0.25, -0.2) is 9.59 Å². The number of halogens is 1. The minimum atomic E-state index is -0.743. The highest BCUT2D eigenvalue weighted by atomic mass is 35.5. The zero-order valence-corrected chi connectivity index (χ0v) is 25.7. The molecule has 1 unspecified atom stereocenters. The number of urea groups is 1. The number of amides is 5. The summed E-state index contributed by atoms with van der Waals surface area (Å²) in [6.07, 6.45) is 1.46. The van der Waals surface area contributed by atoms with E-state index < -0.39 is 23.7 Å². The summed E-state index contributed by atoms with van der Waals surface area (Å²) in [5, 5.41) is 9.41. The zero-order chi connectivity index (χ0) is 30.7. The van der Waals surface area contributed by atoms with Crippen LogP contribution in [-0.2, 0) is 20.7 Å². The SMILES string of the molecule is CC(C)(C)OC(=O)N1CC(C(=O)N[C@H](Cc2ccc(Cl)cc2)C(=O)N2CCC(c3ccccc3C3CNC(=O)N3)CC2)C1. The Balaban J connectivity index is 1.22. The molecule has 0 saturated carbocycles. The van der Waals surface area contributed by atoms with Crippen LogP contribution < -0.4 is 16.0 Å². The Bertz CT molecular complexity index is 1350. The fraction of sp³-hybridized carbons (Fsp3) is 0.500. The fourth-order valence-electron chi connectivity index (χ4n) is 5.94. The van der Waals surface area contributed by atoms with Crippen LogP contribution in [0, 0.1) is 5.92 Å². The topological polar surface area (TPSA) is 120 Å². The van der Waals surface area contributed by atoms with Crippen LogP contribution in [0.15, 0.2) is 48.5 Å². The molecule has 5 rings (SSSR count). The number of carbonyl (C=O) groups excluding carboxylic acids is 4. The van der Waals surface area contributed by atoms with Crippen LogP contribution >= 0.6 is 11.6 Å². The molecule has 3 saturated heterocycles. The van der Waals surface area contributed by atoms with Crippen molar-refractivity contribution in [2.45, 2.75) is 63.6 Å². The van der Waals surface area contributed by atoms with Crippen LogP contribution in [0.1, 0.15) is 62.3 Å². The summed E-state index contributed by atoms with van der Waals surface area (Å²) < 4.78 is 5.40. The number of carbonyl (C=O) groups is 4. The van der Waals surface area contributed by atoms with E-state index in [0.29, 0.717) is 31.1 Å². The maximum absolute atomic E-state index is 13.9. The third-order valence-corrected chi connectivity index (χ3v) is 8.51. The van der Waals surface area contributed by atoms with Gasteiger partial charge in [0.15, 0.2) is 0 Å². The average Bonchev–Trinajstić information content (AvgIpc) is 3.38. The summed E-state index contributed by atoms with van der Waals surface area (Å²) in [7, 11) is 0. The molecule has 3 fully saturated rings. The Labute approximate surface area is 257 Å². The molecule has 43 heavy (non-hydrogen) atoms. The van der Waals surface area contributed by atoms with Gasteiger partial charge in [0.05, 0.1) is 12.0 Å². The lowest BCUT2D eigenvalue weighted by Crippen LogP contribution is -2.59. The standard InChI is InChI=1S/C32H40ClN5O5/c1-32(2,3)43-31(42)38-18-22(19-38)28(39)35-26(16-20-8-10-23(33)11-9-20)29(40)37-14-12-21(13-15-37)24-6-4-5-7-25(24)27-17-34-30(41)36-27/h4-11,21-22,26-27H,12-19H2,1-3H3,(H,35,39)(H2,34,36,41)/t26-,27?/m1/s1. The third kappa shape index (κ3) is 7.60. The van der Waals surface area contributed by atoms with Crippen molar-refractivity contribution >= 4 is 35.5 Å². The molecule has 3 N–H and O–H groups in total. The van der Waals surface area contributed by atoms with E-state index in [4.69, 9.17) is 16.3 Å². The van der Waals surface area contributed by atoms with Crippen molar-refractivity contribution in [1.29, 1.82) is 0 Å². The van der Waals surface area contributed by atoms with Gasteiger partial charge < -0.3 is 30.5 Å². The molecule has 2 aromatic carbocycles. The molecule has 0 aromatic heterocycles. The lowest BCUT2D eigenvalue weighted by atomic mass is 9.84. The number of rotatable bonds is 7. The predicted molar refractivity (Wildman–Crippen MR) is 163 cm³/mol. The van der Waals surface area contributed by atoms with Gasteiger partial charge >= 0.3 is 12.1 Å². The van der Waals surface area contributed by atoms with E-state index in [-0.39, 0.29) is 42.9 Å². The number of ether oxygens (including phenoxy) is 1. The largest absolute Gasteiger partial charge is 0.444 e. The van der Waals surface area contributed by atoms with Crippen LogP contribution in [-0.4, -0.2) is 78.1 Å². The highest BCUT2D eigenvalue weighted by Crippen LogP contribution is 2.34. The Kier molecular flexibility index (Phi) is 9.15. The summed E-state index contributed by atoms with van der Waals surface area (Å²) in [4.78, 5) is 54.5. The van der Waals surface area contributed by atoms with E-state index >= 15 is 0 Å². The molecular formula is C32H40ClN5O5. The van der Waals surface area contributed by atoms with Gasteiger partial charge in [-0.05, 0) is 68.4 Å². The predicted octanol–water partition coefficient (Wildman–Crippen LogP) is 3.99. The minimum Gasteiger partial charge on any atom is -0.444 e. The molecule has 3 aliphatic heterocycles. The smallest absolute Gasteiger partial charge is 0.410 e. The molecule has 3 heterocycles. The van der Waals surface area contributed by atoms with Crippen molar-refractivity contribution in [1.82, 2.24) is 25.8 Å². The van der Waals surface area contributed by atoms with E-state index in [1.165, 1.54) is 10.5 Å². The first-order chi connectivity index (χ1) is 20.5. The summed E-state index contributed by atoms with van der Waals surface area (Å²) in [6.45, 7) is 7.60. The van der Waals surface area contributed by atoms with Gasteiger partial charge in [-0.2, -0.15) is 0 Å². The molecule has 2 aromatic rings. The van der Waals surface area contributed by atoms with Gasteiger partial charge in [0.1, 0.15) is 11.6 Å². The van der Waals surface area contributed by atoms with Crippen molar-refractivity contribution in [3.05, 3.63) is 70.2 Å². The molecule has 2 atom stereocenters. The summed E-state index contributed by atoms with van der Waals surface area (Å²) in [5.41, 5.74) is 2.59. The van der Waals surface area contributed by atoms with Gasteiger partial charge in [0.2, 0.25) is 11.8 Å². The number of piperidine rings is 1. The highest BCUT2D eigenvalue weighted by Gasteiger charge is 2.40. The van der Waals surface area contributed by atoms with Gasteiger partial charge in [0.25, 0.3) is 0 Å². The molecule has 0 radical (unpaired) electrons. The van der Waals surface area contributed by atoms with Gasteiger partial charge in [-0.3, -0.25) is 9.59 Å². The Hall–Kier alpha value is -3.79. The molecule has 0 aliphatic carbocycles. The second-order valence-corrected chi connectivity index (χ2v) is 13.0. The average molecular weight is 610 g/mol. The second kappa shape index (κ2) is 12.8. The number of hydrogen-bond acceptors (Lipinski definition) is 5. The van der Waals surface area contributed by atoms with Crippen LogP contribution in [0.25, 0.3) is 0 Å². The van der Waals surface area contributed by atoms with Gasteiger partial charge in [0, 0.05) is 44.2 Å². The summed E-state index contributed by atoms with van der Waals surface area (Å²) in [6, 6.07) is 14.5. The van der Waals surface area contributed by atoms with Crippen LogP contribution in [0.4, 0.5) is 9.59 Å². The van der Waals surface area contributed by atoms with Crippen molar-refractivity contribution in [2.75, 3.05) is 32.7 Å². The first kappa shape index (κ1) is 30.7. The first-order valence-electron chi connectivity index (χ1n) is 14.9. The van der Waals surface area contributed by atoms with Crippen molar-refractivity contribution in [2.24, 2.45) is 5.92 Å². The normalized spacial score (nSPS) is 20.1. The van der Waals surface area contributed by atoms with Gasteiger partial charge in [-0.15, -0.1) is 0 Å². The fourth-order valence-corrected chi connectivity index (χ4v) is 6.07. The van der Waals surface area contributed by atoms with Crippen LogP contribution in [0.2, 0.25) is 5.02 Å². The number of benzene rings is 2. The highest BCUT2D eigenvalue weighted by molar-refractivity contribution is 6.30. The van der Waals surface area contributed by atoms with E-state index in [1.807, 2.05) is 29.2 Å². The second-order valence-electron chi connectivity index (χ2n) is 12.6. The van der Waals surface area contributed by atoms with Crippen molar-refractivity contribution < 1.29 is 23.9 Å². The maximum Gasteiger partial charge on any atom is 0.410 e. The molecule has 11 heteroatoms. The molecule has 3 aliphatic rings. The van der Waals surface area contributed by atoms with E-state index in [9.17, 15) is 19.2 Å². The molecule has 230 valence electrons. The number of nitrogens with one attached hydrogen (secondary N) is 3. The number of nitrogens with zero attached hydrogens (tertiary/aromatic N) is 2. The van der Waals surface area contributed by atoms with Crippen LogP contribution in [0.5, 0.6) is 0 Å². The monoisotopic (exact) mass is 609 g/mol. The maximum atomic E-state index is 13.9. The quantitative estimate of drug-likeness (QED) is 0.438. The molecular weight excluding hydrogens is 570 g/mol. The Morgan fingerprint density at radius 3 is 2.26 bits per heavy atom. The lowest BCUT2D eigenvalue weighted by Gasteiger charge is -2.40. The van der Waals surface area contributed by atoms with Crippen LogP contribution in [0.3, 0.4) is 0 Å².